The summed E-state index contributed by atoms with van der Waals surface area (Å²) in [5, 5.41) is 4.94. The normalized spacial score (nSPS) is 12.0. The van der Waals surface area contributed by atoms with E-state index >= 15 is 0 Å². The summed E-state index contributed by atoms with van der Waals surface area (Å²) in [4.78, 5) is 8.91. The van der Waals surface area contributed by atoms with Crippen molar-refractivity contribution in [2.45, 2.75) is 36.8 Å². The predicted octanol–water partition coefficient (Wildman–Crippen LogP) is 5.99. The van der Waals surface area contributed by atoms with Gasteiger partial charge in [-0.25, -0.2) is 9.67 Å². The van der Waals surface area contributed by atoms with Gasteiger partial charge in [-0.1, -0.05) is 56.6 Å². The van der Waals surface area contributed by atoms with Gasteiger partial charge in [-0.05, 0) is 34.7 Å². The van der Waals surface area contributed by atoms with Crippen molar-refractivity contribution in [1.29, 1.82) is 0 Å². The van der Waals surface area contributed by atoms with E-state index in [0.717, 1.165) is 26.7 Å². The van der Waals surface area contributed by atoms with Crippen LogP contribution in [0.1, 0.15) is 31.9 Å². The van der Waals surface area contributed by atoms with Gasteiger partial charge < -0.3 is 4.98 Å². The van der Waals surface area contributed by atoms with Gasteiger partial charge in [0.05, 0.1) is 16.1 Å². The zero-order valence-corrected chi connectivity index (χ0v) is 17.1. The third-order valence-corrected chi connectivity index (χ3v) is 6.01. The number of nitrogens with one attached hydrogen (secondary N) is 1. The van der Waals surface area contributed by atoms with E-state index in [1.54, 1.807) is 22.6 Å². The van der Waals surface area contributed by atoms with Crippen LogP contribution >= 0.6 is 23.4 Å². The van der Waals surface area contributed by atoms with Crippen LogP contribution < -0.4 is 0 Å². The fourth-order valence-corrected chi connectivity index (χ4v) is 4.11. The van der Waals surface area contributed by atoms with Crippen LogP contribution in [-0.2, 0) is 11.2 Å². The predicted molar refractivity (Wildman–Crippen MR) is 113 cm³/mol. The van der Waals surface area contributed by atoms with E-state index in [1.165, 1.54) is 11.1 Å². The number of nitrogens with zero attached hydrogens (tertiary/aromatic N) is 3. The highest BCUT2D eigenvalue weighted by Crippen LogP contribution is 2.33. The second-order valence-corrected chi connectivity index (χ2v) is 8.97. The minimum Gasteiger partial charge on any atom is -0.322 e. The van der Waals surface area contributed by atoms with Crippen LogP contribution in [0, 0.1) is 0 Å². The van der Waals surface area contributed by atoms with E-state index in [2.05, 4.69) is 60.1 Å². The molecular weight excluding hydrogens is 376 g/mol. The number of benzene rings is 2. The monoisotopic (exact) mass is 396 g/mol. The molecule has 0 unspecified atom stereocenters. The minimum atomic E-state index is 0.173. The second kappa shape index (κ2) is 7.06. The van der Waals surface area contributed by atoms with Gasteiger partial charge in [-0.2, -0.15) is 5.10 Å². The van der Waals surface area contributed by atoms with Gasteiger partial charge in [0.2, 0.25) is 5.95 Å². The molecule has 1 N–H and O–H groups in total. The molecule has 0 aliphatic rings. The van der Waals surface area contributed by atoms with Gasteiger partial charge in [0.1, 0.15) is 0 Å². The maximum Gasteiger partial charge on any atom is 0.229 e. The molecule has 2 aromatic heterocycles. The average molecular weight is 397 g/mol. The van der Waals surface area contributed by atoms with Crippen molar-refractivity contribution in [3.8, 4) is 5.95 Å². The first-order valence-corrected chi connectivity index (χ1v) is 10.2. The van der Waals surface area contributed by atoms with Crippen molar-refractivity contribution in [2.24, 2.45) is 0 Å². The lowest BCUT2D eigenvalue weighted by Gasteiger charge is -2.19. The third-order valence-electron chi connectivity index (χ3n) is 4.46. The summed E-state index contributed by atoms with van der Waals surface area (Å²) in [6, 6.07) is 14.7. The highest BCUT2D eigenvalue weighted by Gasteiger charge is 2.13. The van der Waals surface area contributed by atoms with Crippen LogP contribution in [0.3, 0.4) is 0 Å². The van der Waals surface area contributed by atoms with Gasteiger partial charge in [0.15, 0.2) is 0 Å². The van der Waals surface area contributed by atoms with E-state index in [1.807, 2.05) is 24.4 Å². The molecule has 4 aromatic rings. The molecule has 4 rings (SSSR count). The molecule has 138 valence electrons. The number of aromatic nitrogens is 4. The summed E-state index contributed by atoms with van der Waals surface area (Å²) in [5.41, 5.74) is 4.59. The lowest BCUT2D eigenvalue weighted by atomic mass is 9.87. The summed E-state index contributed by atoms with van der Waals surface area (Å²) >= 11 is 8.22. The summed E-state index contributed by atoms with van der Waals surface area (Å²) in [6.45, 7) is 6.69. The molecule has 0 saturated carbocycles. The molecule has 0 spiro atoms. The Morgan fingerprint density at radius 2 is 1.93 bits per heavy atom. The summed E-state index contributed by atoms with van der Waals surface area (Å²) < 4.78 is 1.71. The van der Waals surface area contributed by atoms with Gasteiger partial charge in [-0.3, -0.25) is 0 Å². The fraction of sp³-hybridized carbons (Fsp3) is 0.238. The summed E-state index contributed by atoms with van der Waals surface area (Å²) in [5.74, 6) is 1.55. The summed E-state index contributed by atoms with van der Waals surface area (Å²) in [7, 11) is 0. The Morgan fingerprint density at radius 1 is 1.15 bits per heavy atom. The molecule has 0 fully saturated rings. The molecule has 4 nitrogen and oxygen atoms in total. The average Bonchev–Trinajstić information content (AvgIpc) is 3.28. The Morgan fingerprint density at radius 3 is 2.59 bits per heavy atom. The molecule has 0 radical (unpaired) electrons. The lowest BCUT2D eigenvalue weighted by Crippen LogP contribution is -2.10. The number of hydrogen-bond acceptors (Lipinski definition) is 3. The van der Waals surface area contributed by atoms with Crippen molar-refractivity contribution in [3.63, 3.8) is 0 Å². The zero-order valence-electron chi connectivity index (χ0n) is 15.5. The molecule has 0 bridgehead atoms. The molecule has 0 atom stereocenters. The number of rotatable bonds is 4. The number of H-pyrrole nitrogens is 1. The molecule has 0 saturated heterocycles. The maximum atomic E-state index is 6.50. The third kappa shape index (κ3) is 3.89. The molecular formula is C21H21ClN4S. The Balaban J connectivity index is 1.54. The number of aromatic amines is 1. The van der Waals surface area contributed by atoms with E-state index in [4.69, 9.17) is 11.6 Å². The Labute approximate surface area is 168 Å². The second-order valence-electron chi connectivity index (χ2n) is 7.55. The topological polar surface area (TPSA) is 46.5 Å². The molecule has 27 heavy (non-hydrogen) atoms. The van der Waals surface area contributed by atoms with Crippen molar-refractivity contribution in [1.82, 2.24) is 19.7 Å². The number of imidazole rings is 1. The number of fused-ring (bicyclic) bond motifs is 1. The van der Waals surface area contributed by atoms with Crippen molar-refractivity contribution < 1.29 is 0 Å². The van der Waals surface area contributed by atoms with Crippen LogP contribution in [0.25, 0.3) is 17.0 Å². The highest BCUT2D eigenvalue weighted by molar-refractivity contribution is 7.98. The van der Waals surface area contributed by atoms with Crippen LogP contribution in [-0.4, -0.2) is 19.7 Å². The first kappa shape index (κ1) is 18.1. The Kier molecular flexibility index (Phi) is 4.74. The van der Waals surface area contributed by atoms with Gasteiger partial charge >= 0.3 is 0 Å². The van der Waals surface area contributed by atoms with Crippen LogP contribution in [0.4, 0.5) is 0 Å². The van der Waals surface area contributed by atoms with Gasteiger partial charge in [-0.15, -0.1) is 11.8 Å². The van der Waals surface area contributed by atoms with Gasteiger partial charge in [0.25, 0.3) is 0 Å². The number of thioether (sulfide) groups is 1. The first-order valence-electron chi connectivity index (χ1n) is 8.82. The Bertz CT molecular complexity index is 1060. The van der Waals surface area contributed by atoms with Crippen LogP contribution in [0.15, 0.2) is 59.8 Å². The first-order chi connectivity index (χ1) is 12.9. The quantitative estimate of drug-likeness (QED) is 0.431. The summed E-state index contributed by atoms with van der Waals surface area (Å²) in [6.07, 6.45) is 3.59. The molecule has 0 aliphatic heterocycles. The highest BCUT2D eigenvalue weighted by atomic mass is 35.5. The van der Waals surface area contributed by atoms with E-state index < -0.39 is 0 Å². The minimum absolute atomic E-state index is 0.173. The SMILES string of the molecule is CC(C)(C)c1ccc(CSc2cc3nc(-n4cccn4)[nH]c3cc2Cl)cc1. The molecule has 2 heterocycles. The molecule has 2 aromatic carbocycles. The van der Waals surface area contributed by atoms with E-state index in [9.17, 15) is 0 Å². The maximum absolute atomic E-state index is 6.50. The molecule has 6 heteroatoms. The van der Waals surface area contributed by atoms with E-state index in [0.29, 0.717) is 5.95 Å². The van der Waals surface area contributed by atoms with E-state index in [-0.39, 0.29) is 5.41 Å². The lowest BCUT2D eigenvalue weighted by molar-refractivity contribution is 0.590. The van der Waals surface area contributed by atoms with Crippen molar-refractivity contribution in [2.75, 3.05) is 0 Å². The van der Waals surface area contributed by atoms with Crippen molar-refractivity contribution in [3.05, 3.63) is 71.0 Å². The largest absolute Gasteiger partial charge is 0.322 e. The molecule has 0 aliphatic carbocycles. The number of hydrogen-bond donors (Lipinski definition) is 1. The zero-order chi connectivity index (χ0) is 19.0. The smallest absolute Gasteiger partial charge is 0.229 e. The Hall–Kier alpha value is -2.24. The van der Waals surface area contributed by atoms with Gasteiger partial charge in [0, 0.05) is 23.0 Å². The number of halogens is 1. The van der Waals surface area contributed by atoms with Crippen LogP contribution in [0.2, 0.25) is 5.02 Å². The fourth-order valence-electron chi connectivity index (χ4n) is 2.87. The molecule has 0 amide bonds. The van der Waals surface area contributed by atoms with Crippen molar-refractivity contribution >= 4 is 34.4 Å². The standard InChI is InChI=1S/C21H21ClN4S/c1-21(2,3)15-7-5-14(6-8-15)13-27-19-12-18-17(11-16(19)22)24-20(25-18)26-10-4-9-23-26/h4-12H,13H2,1-3H3,(H,24,25). The van der Waals surface area contributed by atoms with Crippen LogP contribution in [0.5, 0.6) is 0 Å².